The van der Waals surface area contributed by atoms with Gasteiger partial charge in [0.25, 0.3) is 0 Å². The van der Waals surface area contributed by atoms with Crippen LogP contribution in [0.5, 0.6) is 0 Å². The maximum absolute atomic E-state index is 4.54. The minimum Gasteiger partial charge on any atom is -0.368 e. The van der Waals surface area contributed by atoms with Gasteiger partial charge < -0.3 is 10.6 Å². The topological polar surface area (TPSA) is 53.1 Å². The minimum atomic E-state index is 0. The molecule has 4 heterocycles. The lowest BCUT2D eigenvalue weighted by Gasteiger charge is -2.23. The quantitative estimate of drug-likeness (QED) is 0.841. The Hall–Kier alpha value is -0.660. The molecule has 0 saturated carbocycles. The Morgan fingerprint density at radius 3 is 3.08 bits per heavy atom. The highest BCUT2D eigenvalue weighted by Crippen LogP contribution is 2.35. The smallest absolute Gasteiger partial charge is 0.138 e. The van der Waals surface area contributed by atoms with E-state index < -0.39 is 0 Å². The van der Waals surface area contributed by atoms with Crippen LogP contribution in [0.4, 0.5) is 5.82 Å². The largest absolute Gasteiger partial charge is 0.368 e. The number of anilines is 1. The maximum Gasteiger partial charge on any atom is 0.138 e. The van der Waals surface area contributed by atoms with Crippen LogP contribution in [0, 0.1) is 0 Å². The molecule has 1 fully saturated rings. The molecule has 4 rings (SSSR count). The summed E-state index contributed by atoms with van der Waals surface area (Å²) < 4.78 is 0. The normalized spacial score (nSPS) is 20.3. The van der Waals surface area contributed by atoms with Crippen LogP contribution >= 0.6 is 36.2 Å². The van der Waals surface area contributed by atoms with E-state index in [-0.39, 0.29) is 24.8 Å². The molecule has 0 unspecified atom stereocenters. The number of likely N-dealkylation sites (tertiary alicyclic amines) is 1. The lowest BCUT2D eigenvalue weighted by atomic mass is 10.1. The van der Waals surface area contributed by atoms with Crippen LogP contribution in [0.1, 0.15) is 30.2 Å². The fraction of sp³-hybridized carbons (Fsp3) is 0.625. The maximum atomic E-state index is 4.54. The van der Waals surface area contributed by atoms with Gasteiger partial charge in [0.1, 0.15) is 17.0 Å². The van der Waals surface area contributed by atoms with Crippen LogP contribution in [-0.4, -0.2) is 47.1 Å². The highest BCUT2D eigenvalue weighted by atomic mass is 35.5. The van der Waals surface area contributed by atoms with Crippen molar-refractivity contribution in [2.24, 2.45) is 0 Å². The number of hydrogen-bond donors (Lipinski definition) is 2. The van der Waals surface area contributed by atoms with Crippen molar-refractivity contribution in [3.8, 4) is 0 Å². The molecule has 5 nitrogen and oxygen atoms in total. The van der Waals surface area contributed by atoms with Gasteiger partial charge >= 0.3 is 0 Å². The van der Waals surface area contributed by atoms with Gasteiger partial charge in [0.15, 0.2) is 0 Å². The summed E-state index contributed by atoms with van der Waals surface area (Å²) in [4.78, 5) is 14.2. The monoisotopic (exact) mass is 389 g/mol. The van der Waals surface area contributed by atoms with Crippen molar-refractivity contribution in [1.82, 2.24) is 20.2 Å². The molecule has 0 bridgehead atoms. The third kappa shape index (κ3) is 3.63. The first-order chi connectivity index (χ1) is 10.9. The van der Waals surface area contributed by atoms with Gasteiger partial charge in [0.05, 0.1) is 5.39 Å². The molecule has 2 aromatic heterocycles. The van der Waals surface area contributed by atoms with Crippen molar-refractivity contribution in [2.75, 3.05) is 31.5 Å². The third-order valence-corrected chi connectivity index (χ3v) is 6.06. The van der Waals surface area contributed by atoms with E-state index in [0.717, 1.165) is 43.2 Å². The summed E-state index contributed by atoms with van der Waals surface area (Å²) in [6.07, 6.45) is 5.40. The summed E-state index contributed by atoms with van der Waals surface area (Å²) in [6.45, 7) is 7.65. The number of halogens is 2. The molecule has 134 valence electrons. The molecule has 2 N–H and O–H groups in total. The van der Waals surface area contributed by atoms with Crippen LogP contribution < -0.4 is 10.6 Å². The number of nitrogens with zero attached hydrogens (tertiary/aromatic N) is 3. The molecule has 0 aromatic carbocycles. The molecular weight excluding hydrogens is 365 g/mol. The Kier molecular flexibility index (Phi) is 7.07. The fourth-order valence-corrected chi connectivity index (χ4v) is 4.91. The van der Waals surface area contributed by atoms with Gasteiger partial charge in [-0.25, -0.2) is 9.97 Å². The zero-order valence-electron chi connectivity index (χ0n) is 13.9. The molecule has 0 amide bonds. The summed E-state index contributed by atoms with van der Waals surface area (Å²) in [6, 6.07) is 0.645. The molecule has 2 aliphatic heterocycles. The van der Waals surface area contributed by atoms with Crippen LogP contribution in [-0.2, 0) is 13.0 Å². The van der Waals surface area contributed by atoms with E-state index in [2.05, 4.69) is 32.4 Å². The molecule has 1 saturated heterocycles. The molecule has 2 aliphatic rings. The second-order valence-electron chi connectivity index (χ2n) is 6.14. The number of likely N-dealkylation sites (N-methyl/N-ethyl adjacent to an activating group) is 1. The van der Waals surface area contributed by atoms with Crippen molar-refractivity contribution >= 4 is 52.2 Å². The average Bonchev–Trinajstić information content (AvgIpc) is 3.16. The van der Waals surface area contributed by atoms with Gasteiger partial charge in [-0.05, 0) is 44.5 Å². The first kappa shape index (κ1) is 19.7. The van der Waals surface area contributed by atoms with Crippen molar-refractivity contribution in [3.05, 3.63) is 16.8 Å². The fourth-order valence-electron chi connectivity index (χ4n) is 3.75. The number of rotatable bonds is 4. The Bertz CT molecular complexity index is 678. The highest BCUT2D eigenvalue weighted by Gasteiger charge is 2.24. The molecule has 8 heteroatoms. The molecule has 0 radical (unpaired) electrons. The Labute approximate surface area is 159 Å². The highest BCUT2D eigenvalue weighted by molar-refractivity contribution is 7.18. The number of aromatic nitrogens is 2. The van der Waals surface area contributed by atoms with Gasteiger partial charge in [-0.1, -0.05) is 6.92 Å². The standard InChI is InChI=1S/C16H23N5S.2ClH/c1-2-21-7-3-4-11(21)8-18-15-14-12-5-6-17-9-13(12)22-16(14)20-10-19-15;;/h10-11,17H,2-9H2,1H3,(H,18,19,20);2*1H/t11-;;/m1../s1. The summed E-state index contributed by atoms with van der Waals surface area (Å²) in [7, 11) is 0. The number of thiophene rings is 1. The zero-order chi connectivity index (χ0) is 14.9. The molecule has 0 spiro atoms. The SMILES string of the molecule is CCN1CCC[C@@H]1CNc1ncnc2sc3c(c12)CCNC3.Cl.Cl. The third-order valence-electron chi connectivity index (χ3n) is 4.92. The summed E-state index contributed by atoms with van der Waals surface area (Å²) in [5.74, 6) is 1.03. The Morgan fingerprint density at radius 1 is 1.38 bits per heavy atom. The minimum absolute atomic E-state index is 0. The van der Waals surface area contributed by atoms with Crippen LogP contribution in [0.3, 0.4) is 0 Å². The first-order valence-corrected chi connectivity index (χ1v) is 9.12. The van der Waals surface area contributed by atoms with Gasteiger partial charge in [-0.2, -0.15) is 0 Å². The predicted octanol–water partition coefficient (Wildman–Crippen LogP) is 3.08. The van der Waals surface area contributed by atoms with E-state index >= 15 is 0 Å². The van der Waals surface area contributed by atoms with Gasteiger partial charge in [-0.15, -0.1) is 36.2 Å². The summed E-state index contributed by atoms with van der Waals surface area (Å²) in [5, 5.41) is 8.34. The molecule has 1 atom stereocenters. The van der Waals surface area contributed by atoms with Crippen molar-refractivity contribution < 1.29 is 0 Å². The second-order valence-corrected chi connectivity index (χ2v) is 7.22. The molecule has 24 heavy (non-hydrogen) atoms. The van der Waals surface area contributed by atoms with Crippen molar-refractivity contribution in [3.63, 3.8) is 0 Å². The van der Waals surface area contributed by atoms with Crippen LogP contribution in [0.25, 0.3) is 10.2 Å². The van der Waals surface area contributed by atoms with E-state index in [9.17, 15) is 0 Å². The molecule has 2 aromatic rings. The zero-order valence-corrected chi connectivity index (χ0v) is 16.3. The lowest BCUT2D eigenvalue weighted by Crippen LogP contribution is -2.34. The van der Waals surface area contributed by atoms with Gasteiger partial charge in [0.2, 0.25) is 0 Å². The Balaban J connectivity index is 0.00000104. The predicted molar refractivity (Wildman–Crippen MR) is 106 cm³/mol. The number of hydrogen-bond acceptors (Lipinski definition) is 6. The van der Waals surface area contributed by atoms with Gasteiger partial charge in [0, 0.05) is 24.0 Å². The number of fused-ring (bicyclic) bond motifs is 3. The average molecular weight is 390 g/mol. The van der Waals surface area contributed by atoms with E-state index in [1.807, 2.05) is 11.3 Å². The van der Waals surface area contributed by atoms with E-state index in [0.29, 0.717) is 6.04 Å². The Morgan fingerprint density at radius 2 is 2.25 bits per heavy atom. The second kappa shape index (κ2) is 8.63. The van der Waals surface area contributed by atoms with Crippen LogP contribution in [0.15, 0.2) is 6.33 Å². The summed E-state index contributed by atoms with van der Waals surface area (Å²) >= 11 is 1.81. The summed E-state index contributed by atoms with van der Waals surface area (Å²) in [5.41, 5.74) is 1.46. The van der Waals surface area contributed by atoms with Gasteiger partial charge in [-0.3, -0.25) is 4.90 Å². The van der Waals surface area contributed by atoms with E-state index in [1.165, 1.54) is 35.2 Å². The lowest BCUT2D eigenvalue weighted by molar-refractivity contribution is 0.277. The van der Waals surface area contributed by atoms with Crippen molar-refractivity contribution in [2.45, 2.75) is 38.8 Å². The molecule has 0 aliphatic carbocycles. The van der Waals surface area contributed by atoms with E-state index in [4.69, 9.17) is 0 Å². The van der Waals surface area contributed by atoms with Crippen molar-refractivity contribution in [1.29, 1.82) is 0 Å². The van der Waals surface area contributed by atoms with Crippen LogP contribution in [0.2, 0.25) is 0 Å². The molecular formula is C16H25Cl2N5S. The van der Waals surface area contributed by atoms with E-state index in [1.54, 1.807) is 6.33 Å². The number of nitrogens with one attached hydrogen (secondary N) is 2. The first-order valence-electron chi connectivity index (χ1n) is 8.30.